The van der Waals surface area contributed by atoms with E-state index < -0.39 is 6.10 Å². The number of thiazole rings is 1. The van der Waals surface area contributed by atoms with E-state index in [-0.39, 0.29) is 0 Å². The molecule has 1 fully saturated rings. The van der Waals surface area contributed by atoms with Crippen molar-refractivity contribution in [2.75, 3.05) is 24.5 Å². The van der Waals surface area contributed by atoms with Crippen molar-refractivity contribution in [3.05, 3.63) is 28.5 Å². The highest BCUT2D eigenvalue weighted by Crippen LogP contribution is 2.27. The summed E-state index contributed by atoms with van der Waals surface area (Å²) in [7, 11) is 0. The van der Waals surface area contributed by atoms with Crippen molar-refractivity contribution in [2.24, 2.45) is 0 Å². The van der Waals surface area contributed by atoms with Gasteiger partial charge in [0.2, 0.25) is 0 Å². The molecule has 0 spiro atoms. The first kappa shape index (κ1) is 16.1. The van der Waals surface area contributed by atoms with Gasteiger partial charge in [-0.3, -0.25) is 9.58 Å². The average molecular weight is 347 g/mol. The zero-order chi connectivity index (χ0) is 16.5. The number of hydrogen-bond donors (Lipinski definition) is 1. The number of aliphatic hydroxyl groups is 1. The first-order chi connectivity index (χ1) is 11.7. The molecule has 2 aliphatic heterocycles. The van der Waals surface area contributed by atoms with Crippen LogP contribution in [0.1, 0.15) is 48.6 Å². The Bertz CT molecular complexity index is 689. The molecule has 130 valence electrons. The lowest BCUT2D eigenvalue weighted by molar-refractivity contribution is 0.193. The van der Waals surface area contributed by atoms with E-state index >= 15 is 0 Å². The molecule has 4 heterocycles. The summed E-state index contributed by atoms with van der Waals surface area (Å²) in [5.74, 6) is 0. The standard InChI is InChI=1S/C17H25N5OS/c1-13(23)16-9-14-11-20(5-4-8-22(14)19-16)12-15-10-18-17(24-15)21-6-2-3-7-21/h9-10,13,23H,2-8,11-12H2,1H3/t13-/m0/s1. The molecule has 6 nitrogen and oxygen atoms in total. The van der Waals surface area contributed by atoms with Gasteiger partial charge < -0.3 is 10.0 Å². The smallest absolute Gasteiger partial charge is 0.185 e. The van der Waals surface area contributed by atoms with Crippen LogP contribution >= 0.6 is 11.3 Å². The Labute approximate surface area is 146 Å². The van der Waals surface area contributed by atoms with Crippen molar-refractivity contribution in [1.82, 2.24) is 19.7 Å². The Hall–Kier alpha value is -1.44. The van der Waals surface area contributed by atoms with Crippen LogP contribution in [0.2, 0.25) is 0 Å². The largest absolute Gasteiger partial charge is 0.387 e. The molecule has 0 aromatic carbocycles. The van der Waals surface area contributed by atoms with Gasteiger partial charge in [0.25, 0.3) is 0 Å². The molecule has 7 heteroatoms. The summed E-state index contributed by atoms with van der Waals surface area (Å²) in [5.41, 5.74) is 1.98. The summed E-state index contributed by atoms with van der Waals surface area (Å²) in [6.45, 7) is 7.91. The summed E-state index contributed by atoms with van der Waals surface area (Å²) in [6.07, 6.45) is 5.21. The molecule has 2 aliphatic rings. The first-order valence-electron chi connectivity index (χ1n) is 8.86. The molecule has 1 N–H and O–H groups in total. The second kappa shape index (κ2) is 6.82. The van der Waals surface area contributed by atoms with E-state index in [0.29, 0.717) is 0 Å². The molecular formula is C17H25N5OS. The van der Waals surface area contributed by atoms with E-state index in [1.165, 1.54) is 28.5 Å². The summed E-state index contributed by atoms with van der Waals surface area (Å²) in [4.78, 5) is 10.8. The van der Waals surface area contributed by atoms with E-state index in [9.17, 15) is 5.11 Å². The molecule has 0 amide bonds. The number of nitrogens with zero attached hydrogens (tertiary/aromatic N) is 5. The van der Waals surface area contributed by atoms with E-state index in [4.69, 9.17) is 0 Å². The maximum Gasteiger partial charge on any atom is 0.185 e. The van der Waals surface area contributed by atoms with Crippen LogP contribution < -0.4 is 4.90 Å². The van der Waals surface area contributed by atoms with Crippen LogP contribution in [0, 0.1) is 0 Å². The number of aliphatic hydroxyl groups excluding tert-OH is 1. The monoisotopic (exact) mass is 347 g/mol. The summed E-state index contributed by atoms with van der Waals surface area (Å²) in [5, 5.41) is 15.5. The minimum Gasteiger partial charge on any atom is -0.387 e. The predicted molar refractivity (Wildman–Crippen MR) is 95.2 cm³/mol. The van der Waals surface area contributed by atoms with Crippen molar-refractivity contribution in [1.29, 1.82) is 0 Å². The maximum absolute atomic E-state index is 9.75. The molecule has 2 aromatic heterocycles. The van der Waals surface area contributed by atoms with Gasteiger partial charge in [0, 0.05) is 50.3 Å². The van der Waals surface area contributed by atoms with E-state index in [1.807, 2.05) is 23.6 Å². The van der Waals surface area contributed by atoms with Gasteiger partial charge in [-0.2, -0.15) is 5.10 Å². The highest BCUT2D eigenvalue weighted by Gasteiger charge is 2.20. The van der Waals surface area contributed by atoms with E-state index in [2.05, 4.69) is 24.6 Å². The third-order valence-corrected chi connectivity index (χ3v) is 5.88. The number of rotatable bonds is 4. The Kier molecular flexibility index (Phi) is 4.56. The fourth-order valence-corrected chi connectivity index (χ4v) is 4.54. The Morgan fingerprint density at radius 2 is 2.04 bits per heavy atom. The molecule has 4 rings (SSSR count). The van der Waals surface area contributed by atoms with Crippen molar-refractivity contribution >= 4 is 16.5 Å². The second-order valence-corrected chi connectivity index (χ2v) is 7.92. The molecule has 1 atom stereocenters. The minimum absolute atomic E-state index is 0.498. The summed E-state index contributed by atoms with van der Waals surface area (Å²) in [6, 6.07) is 2.05. The third kappa shape index (κ3) is 3.34. The molecule has 0 aliphatic carbocycles. The van der Waals surface area contributed by atoms with Gasteiger partial charge in [0.1, 0.15) is 0 Å². The Morgan fingerprint density at radius 3 is 2.83 bits per heavy atom. The normalized spacial score (nSPS) is 20.2. The van der Waals surface area contributed by atoms with Crippen molar-refractivity contribution < 1.29 is 5.11 Å². The fraction of sp³-hybridized carbons (Fsp3) is 0.647. The fourth-order valence-electron chi connectivity index (χ4n) is 3.54. The van der Waals surface area contributed by atoms with Crippen LogP contribution in [0.25, 0.3) is 0 Å². The molecular weight excluding hydrogens is 322 g/mol. The predicted octanol–water partition coefficient (Wildman–Crippen LogP) is 2.40. The topological polar surface area (TPSA) is 57.4 Å². The van der Waals surface area contributed by atoms with Gasteiger partial charge in [0.15, 0.2) is 5.13 Å². The number of anilines is 1. The Balaban J connectivity index is 1.44. The van der Waals surface area contributed by atoms with Crippen LogP contribution in [0.15, 0.2) is 12.3 Å². The van der Waals surface area contributed by atoms with Gasteiger partial charge in [-0.15, -0.1) is 11.3 Å². The molecule has 0 bridgehead atoms. The number of aromatic nitrogens is 3. The molecule has 0 unspecified atom stereocenters. The minimum atomic E-state index is -0.498. The van der Waals surface area contributed by atoms with Crippen molar-refractivity contribution in [3.8, 4) is 0 Å². The first-order valence-corrected chi connectivity index (χ1v) is 9.67. The zero-order valence-corrected chi connectivity index (χ0v) is 15.0. The third-order valence-electron chi connectivity index (χ3n) is 4.84. The van der Waals surface area contributed by atoms with Gasteiger partial charge >= 0.3 is 0 Å². The lowest BCUT2D eigenvalue weighted by Crippen LogP contribution is -2.22. The molecule has 0 saturated carbocycles. The van der Waals surface area contributed by atoms with Gasteiger partial charge in [-0.25, -0.2) is 4.98 Å². The van der Waals surface area contributed by atoms with Crippen LogP contribution in [-0.2, 0) is 19.6 Å². The van der Waals surface area contributed by atoms with Gasteiger partial charge in [-0.05, 0) is 32.3 Å². The summed E-state index contributed by atoms with van der Waals surface area (Å²) < 4.78 is 2.06. The second-order valence-electron chi connectivity index (χ2n) is 6.83. The SMILES string of the molecule is C[C@H](O)c1cc2n(n1)CCCN(Cc1cnc(N3CCCC3)s1)C2. The van der Waals surface area contributed by atoms with Crippen LogP contribution in [0.5, 0.6) is 0 Å². The summed E-state index contributed by atoms with van der Waals surface area (Å²) >= 11 is 1.83. The number of hydrogen-bond acceptors (Lipinski definition) is 6. The molecule has 0 radical (unpaired) electrons. The van der Waals surface area contributed by atoms with E-state index in [1.54, 1.807) is 6.92 Å². The number of fused-ring (bicyclic) bond motifs is 1. The van der Waals surface area contributed by atoms with Crippen LogP contribution in [-0.4, -0.2) is 44.4 Å². The quantitative estimate of drug-likeness (QED) is 0.920. The molecule has 1 saturated heterocycles. The average Bonchev–Trinajstić information content (AvgIpc) is 3.26. The van der Waals surface area contributed by atoms with Gasteiger partial charge in [0.05, 0.1) is 17.5 Å². The van der Waals surface area contributed by atoms with Gasteiger partial charge in [-0.1, -0.05) is 0 Å². The highest BCUT2D eigenvalue weighted by molar-refractivity contribution is 7.15. The highest BCUT2D eigenvalue weighted by atomic mass is 32.1. The number of aryl methyl sites for hydroxylation is 1. The lowest BCUT2D eigenvalue weighted by atomic mass is 10.2. The van der Waals surface area contributed by atoms with E-state index in [0.717, 1.165) is 51.4 Å². The molecule has 2 aromatic rings. The van der Waals surface area contributed by atoms with Crippen LogP contribution in [0.4, 0.5) is 5.13 Å². The molecule has 24 heavy (non-hydrogen) atoms. The van der Waals surface area contributed by atoms with Crippen molar-refractivity contribution in [2.45, 2.75) is 51.9 Å². The lowest BCUT2D eigenvalue weighted by Gasteiger charge is -2.18. The maximum atomic E-state index is 9.75. The van der Waals surface area contributed by atoms with Crippen molar-refractivity contribution in [3.63, 3.8) is 0 Å². The Morgan fingerprint density at radius 1 is 1.21 bits per heavy atom. The zero-order valence-electron chi connectivity index (χ0n) is 14.2. The van der Waals surface area contributed by atoms with Crippen LogP contribution in [0.3, 0.4) is 0 Å².